The van der Waals surface area contributed by atoms with Crippen LogP contribution >= 0.6 is 0 Å². The highest BCUT2D eigenvalue weighted by Gasteiger charge is 2.12. The highest BCUT2D eigenvalue weighted by atomic mass is 16.5. The second-order valence-corrected chi connectivity index (χ2v) is 5.33. The Balaban J connectivity index is 1.75. The molecule has 0 radical (unpaired) electrons. The molecule has 25 heavy (non-hydrogen) atoms. The van der Waals surface area contributed by atoms with Crippen molar-refractivity contribution in [2.45, 2.75) is 0 Å². The maximum absolute atomic E-state index is 12.4. The molecular weight excluding hydrogens is 316 g/mol. The predicted molar refractivity (Wildman–Crippen MR) is 97.5 cm³/mol. The third-order valence-corrected chi connectivity index (χ3v) is 3.73. The molecule has 0 fully saturated rings. The molecule has 0 unspecified atom stereocenters. The zero-order valence-corrected chi connectivity index (χ0v) is 14.0. The van der Waals surface area contributed by atoms with Gasteiger partial charge in [-0.15, -0.1) is 10.2 Å². The predicted octanol–water partition coefficient (Wildman–Crippen LogP) is 3.51. The number of hydrogen-bond acceptors (Lipinski definition) is 5. The van der Waals surface area contributed by atoms with Crippen molar-refractivity contribution >= 4 is 23.1 Å². The van der Waals surface area contributed by atoms with Crippen molar-refractivity contribution in [2.24, 2.45) is 0 Å². The summed E-state index contributed by atoms with van der Waals surface area (Å²) in [5, 5.41) is 11.0. The number of methoxy groups -OCH3 is 1. The molecule has 0 spiro atoms. The lowest BCUT2D eigenvalue weighted by atomic mass is 10.2. The molecular formula is C19H18N4O2. The van der Waals surface area contributed by atoms with Crippen molar-refractivity contribution < 1.29 is 9.53 Å². The minimum absolute atomic E-state index is 0.233. The normalized spacial score (nSPS) is 10.2. The summed E-state index contributed by atoms with van der Waals surface area (Å²) in [6.45, 7) is 0. The number of nitrogens with one attached hydrogen (secondary N) is 1. The summed E-state index contributed by atoms with van der Waals surface area (Å²) in [6.07, 6.45) is 0. The van der Waals surface area contributed by atoms with E-state index >= 15 is 0 Å². The van der Waals surface area contributed by atoms with E-state index in [4.69, 9.17) is 4.74 Å². The van der Waals surface area contributed by atoms with Gasteiger partial charge >= 0.3 is 0 Å². The van der Waals surface area contributed by atoms with Gasteiger partial charge < -0.3 is 15.0 Å². The Labute approximate surface area is 146 Å². The molecule has 0 saturated heterocycles. The summed E-state index contributed by atoms with van der Waals surface area (Å²) in [7, 11) is 3.45. The Kier molecular flexibility index (Phi) is 4.89. The number of benzene rings is 2. The summed E-state index contributed by atoms with van der Waals surface area (Å²) in [6, 6.07) is 20.4. The number of carbonyl (C=O) groups is 1. The van der Waals surface area contributed by atoms with Crippen LogP contribution in [0.4, 0.5) is 17.2 Å². The molecule has 126 valence electrons. The Morgan fingerprint density at radius 1 is 0.960 bits per heavy atom. The monoisotopic (exact) mass is 334 g/mol. The zero-order valence-electron chi connectivity index (χ0n) is 14.0. The SMILES string of the molecule is COc1ccccc1NC(=O)c1ccc(N(C)c2ccccc2)nn1. The molecule has 0 saturated carbocycles. The van der Waals surface area contributed by atoms with E-state index in [0.29, 0.717) is 17.3 Å². The van der Waals surface area contributed by atoms with Gasteiger partial charge in [-0.05, 0) is 36.4 Å². The van der Waals surface area contributed by atoms with Crippen LogP contribution in [-0.2, 0) is 0 Å². The number of anilines is 3. The maximum atomic E-state index is 12.4. The third kappa shape index (κ3) is 3.74. The fraction of sp³-hybridized carbons (Fsp3) is 0.105. The summed E-state index contributed by atoms with van der Waals surface area (Å²) < 4.78 is 5.22. The van der Waals surface area contributed by atoms with Crippen LogP contribution < -0.4 is 15.0 Å². The van der Waals surface area contributed by atoms with Gasteiger partial charge in [-0.2, -0.15) is 0 Å². The summed E-state index contributed by atoms with van der Waals surface area (Å²) in [5.41, 5.74) is 1.81. The number of para-hydroxylation sites is 3. The summed E-state index contributed by atoms with van der Waals surface area (Å²) in [5.74, 6) is 0.898. The first-order valence-electron chi connectivity index (χ1n) is 7.76. The first-order valence-corrected chi connectivity index (χ1v) is 7.76. The Morgan fingerprint density at radius 2 is 1.68 bits per heavy atom. The molecule has 6 nitrogen and oxygen atoms in total. The van der Waals surface area contributed by atoms with Crippen molar-refractivity contribution in [3.63, 3.8) is 0 Å². The Morgan fingerprint density at radius 3 is 2.36 bits per heavy atom. The van der Waals surface area contributed by atoms with Gasteiger partial charge in [0, 0.05) is 12.7 Å². The molecule has 0 aliphatic rings. The first-order chi connectivity index (χ1) is 12.2. The van der Waals surface area contributed by atoms with Crippen LogP contribution in [-0.4, -0.2) is 30.3 Å². The topological polar surface area (TPSA) is 67.3 Å². The van der Waals surface area contributed by atoms with Gasteiger partial charge in [0.25, 0.3) is 5.91 Å². The average molecular weight is 334 g/mol. The van der Waals surface area contributed by atoms with Gasteiger partial charge in [-0.25, -0.2) is 0 Å². The molecule has 2 aromatic carbocycles. The Bertz CT molecular complexity index is 851. The van der Waals surface area contributed by atoms with E-state index in [1.54, 1.807) is 31.4 Å². The van der Waals surface area contributed by atoms with E-state index in [1.807, 2.05) is 54.4 Å². The quantitative estimate of drug-likeness (QED) is 0.773. The number of carbonyl (C=O) groups excluding carboxylic acids is 1. The fourth-order valence-electron chi connectivity index (χ4n) is 2.34. The lowest BCUT2D eigenvalue weighted by Crippen LogP contribution is -2.17. The van der Waals surface area contributed by atoms with E-state index in [9.17, 15) is 4.79 Å². The van der Waals surface area contributed by atoms with Crippen molar-refractivity contribution in [1.82, 2.24) is 10.2 Å². The highest BCUT2D eigenvalue weighted by molar-refractivity contribution is 6.03. The van der Waals surface area contributed by atoms with Crippen molar-refractivity contribution in [2.75, 3.05) is 24.4 Å². The molecule has 0 bridgehead atoms. The van der Waals surface area contributed by atoms with E-state index in [1.165, 1.54) is 0 Å². The molecule has 1 amide bonds. The molecule has 1 heterocycles. The minimum Gasteiger partial charge on any atom is -0.495 e. The van der Waals surface area contributed by atoms with Crippen LogP contribution in [0.3, 0.4) is 0 Å². The standard InChI is InChI=1S/C19H18N4O2/c1-23(14-8-4-3-5-9-14)18-13-12-16(21-22-18)19(24)20-15-10-6-7-11-17(15)25-2/h3-13H,1-2H3,(H,20,24). The summed E-state index contributed by atoms with van der Waals surface area (Å²) >= 11 is 0. The first kappa shape index (κ1) is 16.4. The number of hydrogen-bond donors (Lipinski definition) is 1. The largest absolute Gasteiger partial charge is 0.495 e. The number of aromatic nitrogens is 2. The van der Waals surface area contributed by atoms with Crippen LogP contribution in [0.1, 0.15) is 10.5 Å². The van der Waals surface area contributed by atoms with E-state index < -0.39 is 0 Å². The van der Waals surface area contributed by atoms with Crippen molar-refractivity contribution in [3.05, 3.63) is 72.4 Å². The van der Waals surface area contributed by atoms with Crippen LogP contribution in [0.15, 0.2) is 66.7 Å². The Hall–Kier alpha value is -3.41. The van der Waals surface area contributed by atoms with E-state index in [2.05, 4.69) is 15.5 Å². The third-order valence-electron chi connectivity index (χ3n) is 3.73. The van der Waals surface area contributed by atoms with Crippen LogP contribution in [0.25, 0.3) is 0 Å². The van der Waals surface area contributed by atoms with Gasteiger partial charge in [0.1, 0.15) is 5.75 Å². The van der Waals surface area contributed by atoms with E-state index in [0.717, 1.165) is 5.69 Å². The van der Waals surface area contributed by atoms with Gasteiger partial charge in [-0.3, -0.25) is 4.79 Å². The van der Waals surface area contributed by atoms with Crippen LogP contribution in [0, 0.1) is 0 Å². The fourth-order valence-corrected chi connectivity index (χ4v) is 2.34. The molecule has 6 heteroatoms. The molecule has 0 aliphatic carbocycles. The smallest absolute Gasteiger partial charge is 0.276 e. The molecule has 0 aliphatic heterocycles. The number of rotatable bonds is 5. The minimum atomic E-state index is -0.342. The molecule has 0 atom stereocenters. The number of ether oxygens (including phenoxy) is 1. The van der Waals surface area contributed by atoms with Crippen molar-refractivity contribution in [1.29, 1.82) is 0 Å². The lowest BCUT2D eigenvalue weighted by Gasteiger charge is -2.17. The molecule has 1 N–H and O–H groups in total. The van der Waals surface area contributed by atoms with Gasteiger partial charge in [-0.1, -0.05) is 30.3 Å². The van der Waals surface area contributed by atoms with Gasteiger partial charge in [0.15, 0.2) is 11.5 Å². The molecule has 3 rings (SSSR count). The van der Waals surface area contributed by atoms with Gasteiger partial charge in [0.05, 0.1) is 12.8 Å². The number of amides is 1. The van der Waals surface area contributed by atoms with Crippen LogP contribution in [0.2, 0.25) is 0 Å². The molecule has 1 aromatic heterocycles. The average Bonchev–Trinajstić information content (AvgIpc) is 2.68. The van der Waals surface area contributed by atoms with E-state index in [-0.39, 0.29) is 11.6 Å². The van der Waals surface area contributed by atoms with Crippen LogP contribution in [0.5, 0.6) is 5.75 Å². The second kappa shape index (κ2) is 7.44. The lowest BCUT2D eigenvalue weighted by molar-refractivity contribution is 0.102. The van der Waals surface area contributed by atoms with Crippen molar-refractivity contribution in [3.8, 4) is 5.75 Å². The maximum Gasteiger partial charge on any atom is 0.276 e. The number of nitrogens with zero attached hydrogens (tertiary/aromatic N) is 3. The van der Waals surface area contributed by atoms with Gasteiger partial charge in [0.2, 0.25) is 0 Å². The second-order valence-electron chi connectivity index (χ2n) is 5.33. The zero-order chi connectivity index (χ0) is 17.6. The summed E-state index contributed by atoms with van der Waals surface area (Å²) in [4.78, 5) is 14.2. The highest BCUT2D eigenvalue weighted by Crippen LogP contribution is 2.24. The molecule has 3 aromatic rings.